The molecule has 1 aliphatic rings. The normalized spacial score (nSPS) is 16.0. The van der Waals surface area contributed by atoms with Crippen LogP contribution in [-0.4, -0.2) is 24.9 Å². The van der Waals surface area contributed by atoms with E-state index >= 15 is 0 Å². The SMILES string of the molecule is Cl.O=C(NCc1ccccc1F)c1cc(NC(=O)C2CCCNC2)ccc1Cl. The maximum Gasteiger partial charge on any atom is 0.253 e. The number of hydrogen-bond acceptors (Lipinski definition) is 3. The predicted molar refractivity (Wildman–Crippen MR) is 110 cm³/mol. The van der Waals surface area contributed by atoms with Crippen LogP contribution in [0.2, 0.25) is 5.02 Å². The summed E-state index contributed by atoms with van der Waals surface area (Å²) in [7, 11) is 0. The van der Waals surface area contributed by atoms with E-state index in [-0.39, 0.29) is 47.2 Å². The smallest absolute Gasteiger partial charge is 0.253 e. The molecule has 1 aliphatic heterocycles. The van der Waals surface area contributed by atoms with E-state index in [2.05, 4.69) is 16.0 Å². The number of carbonyl (C=O) groups is 2. The molecule has 2 amide bonds. The van der Waals surface area contributed by atoms with Crippen LogP contribution in [-0.2, 0) is 11.3 Å². The molecular weight excluding hydrogens is 404 g/mol. The maximum atomic E-state index is 13.7. The first-order valence-electron chi connectivity index (χ1n) is 8.87. The van der Waals surface area contributed by atoms with Crippen LogP contribution in [0.5, 0.6) is 0 Å². The summed E-state index contributed by atoms with van der Waals surface area (Å²) in [6, 6.07) is 11.0. The van der Waals surface area contributed by atoms with Gasteiger partial charge >= 0.3 is 0 Å². The Hall–Kier alpha value is -2.15. The Kier molecular flexibility index (Phi) is 8.23. The van der Waals surface area contributed by atoms with Gasteiger partial charge in [0.25, 0.3) is 5.91 Å². The largest absolute Gasteiger partial charge is 0.348 e. The van der Waals surface area contributed by atoms with Gasteiger partial charge in [0.1, 0.15) is 5.82 Å². The maximum absolute atomic E-state index is 13.7. The Morgan fingerprint density at radius 3 is 2.71 bits per heavy atom. The molecule has 0 saturated carbocycles. The topological polar surface area (TPSA) is 70.2 Å². The Bertz CT molecular complexity index is 842. The number of benzene rings is 2. The van der Waals surface area contributed by atoms with Gasteiger partial charge in [-0.1, -0.05) is 29.8 Å². The lowest BCUT2D eigenvalue weighted by molar-refractivity contribution is -0.120. The number of anilines is 1. The molecule has 1 saturated heterocycles. The molecule has 2 aromatic carbocycles. The summed E-state index contributed by atoms with van der Waals surface area (Å²) in [6.07, 6.45) is 1.80. The van der Waals surface area contributed by atoms with E-state index in [0.717, 1.165) is 19.4 Å². The van der Waals surface area contributed by atoms with E-state index in [1.807, 2.05) is 0 Å². The summed E-state index contributed by atoms with van der Waals surface area (Å²) in [6.45, 7) is 1.62. The second-order valence-electron chi connectivity index (χ2n) is 6.50. The van der Waals surface area contributed by atoms with Gasteiger partial charge in [-0.15, -0.1) is 12.4 Å². The number of hydrogen-bond donors (Lipinski definition) is 3. The van der Waals surface area contributed by atoms with Crippen molar-refractivity contribution in [3.63, 3.8) is 0 Å². The van der Waals surface area contributed by atoms with Crippen LogP contribution in [0.15, 0.2) is 42.5 Å². The van der Waals surface area contributed by atoms with Crippen molar-refractivity contribution in [2.75, 3.05) is 18.4 Å². The van der Waals surface area contributed by atoms with Crippen LogP contribution in [0.1, 0.15) is 28.8 Å². The molecule has 0 bridgehead atoms. The monoisotopic (exact) mass is 425 g/mol. The molecule has 2 aromatic rings. The second-order valence-corrected chi connectivity index (χ2v) is 6.91. The van der Waals surface area contributed by atoms with E-state index in [0.29, 0.717) is 17.8 Å². The zero-order chi connectivity index (χ0) is 19.2. The van der Waals surface area contributed by atoms with Crippen molar-refractivity contribution in [3.05, 3.63) is 64.4 Å². The highest BCUT2D eigenvalue weighted by molar-refractivity contribution is 6.34. The molecule has 28 heavy (non-hydrogen) atoms. The van der Waals surface area contributed by atoms with Crippen LogP contribution in [0.25, 0.3) is 0 Å². The average Bonchev–Trinajstić information content (AvgIpc) is 2.69. The van der Waals surface area contributed by atoms with Gasteiger partial charge in [-0.05, 0) is 43.7 Å². The fourth-order valence-electron chi connectivity index (χ4n) is 3.01. The van der Waals surface area contributed by atoms with Gasteiger partial charge < -0.3 is 16.0 Å². The molecular formula is C20H22Cl2FN3O2. The van der Waals surface area contributed by atoms with E-state index in [1.54, 1.807) is 30.3 Å². The molecule has 3 N–H and O–H groups in total. The van der Waals surface area contributed by atoms with Gasteiger partial charge in [-0.3, -0.25) is 9.59 Å². The van der Waals surface area contributed by atoms with E-state index in [1.165, 1.54) is 12.1 Å². The van der Waals surface area contributed by atoms with Crippen molar-refractivity contribution in [1.82, 2.24) is 10.6 Å². The molecule has 5 nitrogen and oxygen atoms in total. The molecule has 0 aliphatic carbocycles. The van der Waals surface area contributed by atoms with Gasteiger partial charge in [-0.25, -0.2) is 4.39 Å². The summed E-state index contributed by atoms with van der Waals surface area (Å²) < 4.78 is 13.7. The van der Waals surface area contributed by atoms with Gasteiger partial charge in [0.05, 0.1) is 16.5 Å². The molecule has 8 heteroatoms. The van der Waals surface area contributed by atoms with Crippen LogP contribution >= 0.6 is 24.0 Å². The summed E-state index contributed by atoms with van der Waals surface area (Å²) in [4.78, 5) is 24.8. The highest BCUT2D eigenvalue weighted by Crippen LogP contribution is 2.22. The number of amides is 2. The first kappa shape index (κ1) is 22.1. The Labute approximate surface area is 174 Å². The highest BCUT2D eigenvalue weighted by atomic mass is 35.5. The number of rotatable bonds is 5. The van der Waals surface area contributed by atoms with Crippen molar-refractivity contribution in [2.24, 2.45) is 5.92 Å². The summed E-state index contributed by atoms with van der Waals surface area (Å²) >= 11 is 6.13. The molecule has 1 fully saturated rings. The Morgan fingerprint density at radius 2 is 2.00 bits per heavy atom. The molecule has 0 aromatic heterocycles. The van der Waals surface area contributed by atoms with Crippen LogP contribution in [0.4, 0.5) is 10.1 Å². The van der Waals surface area contributed by atoms with Crippen LogP contribution < -0.4 is 16.0 Å². The lowest BCUT2D eigenvalue weighted by Crippen LogP contribution is -2.37. The fraction of sp³-hybridized carbons (Fsp3) is 0.300. The summed E-state index contributed by atoms with van der Waals surface area (Å²) in [5.41, 5.74) is 1.12. The number of piperidine rings is 1. The molecule has 0 spiro atoms. The molecule has 1 atom stereocenters. The van der Waals surface area contributed by atoms with Crippen LogP contribution in [0, 0.1) is 11.7 Å². The van der Waals surface area contributed by atoms with E-state index in [9.17, 15) is 14.0 Å². The van der Waals surface area contributed by atoms with Crippen molar-refractivity contribution in [2.45, 2.75) is 19.4 Å². The molecule has 0 radical (unpaired) electrons. The summed E-state index contributed by atoms with van der Waals surface area (Å²) in [5, 5.41) is 8.96. The third-order valence-corrected chi connectivity index (χ3v) is 4.87. The van der Waals surface area contributed by atoms with Gasteiger partial charge in [0.15, 0.2) is 0 Å². The van der Waals surface area contributed by atoms with Gasteiger partial charge in [-0.2, -0.15) is 0 Å². The second kappa shape index (κ2) is 10.4. The van der Waals surface area contributed by atoms with Gasteiger partial charge in [0, 0.05) is 24.3 Å². The standard InChI is InChI=1S/C20H21ClFN3O2.ClH/c21-17-8-7-15(25-19(26)14-5-3-9-23-11-14)10-16(17)20(27)24-12-13-4-1-2-6-18(13)22;/h1-2,4,6-8,10,14,23H,3,5,9,11-12H2,(H,24,27)(H,25,26);1H. The third-order valence-electron chi connectivity index (χ3n) is 4.54. The first-order chi connectivity index (χ1) is 13.0. The zero-order valence-corrected chi connectivity index (χ0v) is 16.7. The average molecular weight is 426 g/mol. The Morgan fingerprint density at radius 1 is 1.21 bits per heavy atom. The third kappa shape index (κ3) is 5.67. The van der Waals surface area contributed by atoms with Crippen molar-refractivity contribution >= 4 is 41.5 Å². The molecule has 1 heterocycles. The zero-order valence-electron chi connectivity index (χ0n) is 15.1. The predicted octanol–water partition coefficient (Wildman–Crippen LogP) is 3.77. The number of carbonyl (C=O) groups excluding carboxylic acids is 2. The Balaban J connectivity index is 0.00000280. The minimum atomic E-state index is -0.432. The lowest BCUT2D eigenvalue weighted by Gasteiger charge is -2.22. The number of halogens is 3. The fourth-order valence-corrected chi connectivity index (χ4v) is 3.21. The minimum Gasteiger partial charge on any atom is -0.348 e. The van der Waals surface area contributed by atoms with E-state index < -0.39 is 5.91 Å². The lowest BCUT2D eigenvalue weighted by atomic mass is 9.98. The molecule has 150 valence electrons. The molecule has 3 rings (SSSR count). The quantitative estimate of drug-likeness (QED) is 0.682. The van der Waals surface area contributed by atoms with E-state index in [4.69, 9.17) is 11.6 Å². The summed E-state index contributed by atoms with van der Waals surface area (Å²) in [5.74, 6) is -0.986. The highest BCUT2D eigenvalue weighted by Gasteiger charge is 2.21. The first-order valence-corrected chi connectivity index (χ1v) is 9.25. The minimum absolute atomic E-state index is 0. The van der Waals surface area contributed by atoms with Gasteiger partial charge in [0.2, 0.25) is 5.91 Å². The van der Waals surface area contributed by atoms with Crippen molar-refractivity contribution < 1.29 is 14.0 Å². The molecule has 1 unspecified atom stereocenters. The number of nitrogens with one attached hydrogen (secondary N) is 3. The van der Waals surface area contributed by atoms with Crippen molar-refractivity contribution in [3.8, 4) is 0 Å². The van der Waals surface area contributed by atoms with Crippen molar-refractivity contribution in [1.29, 1.82) is 0 Å². The van der Waals surface area contributed by atoms with Crippen LogP contribution in [0.3, 0.4) is 0 Å².